The van der Waals surface area contributed by atoms with Crippen LogP contribution in [0.15, 0.2) is 36.5 Å². The van der Waals surface area contributed by atoms with E-state index in [0.29, 0.717) is 17.4 Å². The van der Waals surface area contributed by atoms with Gasteiger partial charge in [-0.25, -0.2) is 4.98 Å². The number of hydrogen-bond donors (Lipinski definition) is 1. The molecule has 0 radical (unpaired) electrons. The van der Waals surface area contributed by atoms with Gasteiger partial charge in [0, 0.05) is 6.42 Å². The molecule has 0 aliphatic carbocycles. The predicted octanol–water partition coefficient (Wildman–Crippen LogP) is 2.30. The fourth-order valence-corrected chi connectivity index (χ4v) is 1.47. The summed E-state index contributed by atoms with van der Waals surface area (Å²) >= 11 is 5.67. The number of halogens is 1. The van der Waals surface area contributed by atoms with Crippen molar-refractivity contribution < 1.29 is 0 Å². The summed E-state index contributed by atoms with van der Waals surface area (Å²) in [7, 11) is 0. The second-order valence-electron chi connectivity index (χ2n) is 3.19. The first-order valence-corrected chi connectivity index (χ1v) is 4.94. The van der Waals surface area contributed by atoms with Crippen LogP contribution in [-0.2, 0) is 6.42 Å². The molecule has 2 rings (SSSR count). The molecule has 2 aromatic rings. The standard InChI is InChI=1S/C11H10ClN3/c12-10-7-14-9(11(13)15-10)6-8-4-2-1-3-5-8/h1-5,7H,6H2,(H2,13,15). The fraction of sp³-hybridized carbons (Fsp3) is 0.0909. The van der Waals surface area contributed by atoms with Gasteiger partial charge in [0.1, 0.15) is 11.0 Å². The zero-order valence-corrected chi connectivity index (χ0v) is 8.78. The van der Waals surface area contributed by atoms with Crippen LogP contribution < -0.4 is 5.73 Å². The molecule has 3 nitrogen and oxygen atoms in total. The number of nitrogen functional groups attached to an aromatic ring is 1. The smallest absolute Gasteiger partial charge is 0.149 e. The first kappa shape index (κ1) is 9.93. The number of benzene rings is 1. The van der Waals surface area contributed by atoms with E-state index in [9.17, 15) is 0 Å². The van der Waals surface area contributed by atoms with Crippen molar-refractivity contribution in [2.75, 3.05) is 5.73 Å². The largest absolute Gasteiger partial charge is 0.382 e. The first-order chi connectivity index (χ1) is 7.25. The van der Waals surface area contributed by atoms with Gasteiger partial charge in [-0.05, 0) is 5.56 Å². The van der Waals surface area contributed by atoms with Crippen LogP contribution in [0.2, 0.25) is 5.15 Å². The fourth-order valence-electron chi connectivity index (χ4n) is 1.33. The molecular formula is C11H10ClN3. The average molecular weight is 220 g/mol. The Bertz CT molecular complexity index is 457. The van der Waals surface area contributed by atoms with E-state index in [1.807, 2.05) is 30.3 Å². The molecule has 1 aromatic heterocycles. The molecular weight excluding hydrogens is 210 g/mol. The van der Waals surface area contributed by atoms with Crippen molar-refractivity contribution in [2.45, 2.75) is 6.42 Å². The van der Waals surface area contributed by atoms with Gasteiger partial charge < -0.3 is 5.73 Å². The highest BCUT2D eigenvalue weighted by molar-refractivity contribution is 6.29. The van der Waals surface area contributed by atoms with E-state index in [4.69, 9.17) is 17.3 Å². The molecule has 0 aliphatic rings. The van der Waals surface area contributed by atoms with E-state index < -0.39 is 0 Å². The number of hydrogen-bond acceptors (Lipinski definition) is 3. The van der Waals surface area contributed by atoms with Crippen LogP contribution in [0.4, 0.5) is 5.82 Å². The molecule has 1 aromatic carbocycles. The maximum atomic E-state index is 5.71. The van der Waals surface area contributed by atoms with E-state index in [2.05, 4.69) is 9.97 Å². The van der Waals surface area contributed by atoms with E-state index in [-0.39, 0.29) is 0 Å². The Balaban J connectivity index is 2.25. The summed E-state index contributed by atoms with van der Waals surface area (Å²) < 4.78 is 0. The van der Waals surface area contributed by atoms with Crippen LogP contribution >= 0.6 is 11.6 Å². The Hall–Kier alpha value is -1.61. The number of nitrogens with two attached hydrogens (primary N) is 1. The molecule has 0 aliphatic heterocycles. The minimum Gasteiger partial charge on any atom is -0.382 e. The van der Waals surface area contributed by atoms with Crippen LogP contribution in [0, 0.1) is 0 Å². The molecule has 0 fully saturated rings. The van der Waals surface area contributed by atoms with E-state index in [1.165, 1.54) is 6.20 Å². The lowest BCUT2D eigenvalue weighted by atomic mass is 10.1. The van der Waals surface area contributed by atoms with Gasteiger partial charge in [0.2, 0.25) is 0 Å². The van der Waals surface area contributed by atoms with Gasteiger partial charge in [0.25, 0.3) is 0 Å². The summed E-state index contributed by atoms with van der Waals surface area (Å²) in [5.41, 5.74) is 7.62. The van der Waals surface area contributed by atoms with Gasteiger partial charge in [0.05, 0.1) is 11.9 Å². The zero-order chi connectivity index (χ0) is 10.7. The van der Waals surface area contributed by atoms with Crippen LogP contribution in [0.25, 0.3) is 0 Å². The lowest BCUT2D eigenvalue weighted by Gasteiger charge is -2.03. The third kappa shape index (κ3) is 2.44. The highest BCUT2D eigenvalue weighted by atomic mass is 35.5. The summed E-state index contributed by atoms with van der Waals surface area (Å²) in [4.78, 5) is 8.10. The van der Waals surface area contributed by atoms with Crippen molar-refractivity contribution in [3.05, 3.63) is 52.9 Å². The quantitative estimate of drug-likeness (QED) is 0.843. The van der Waals surface area contributed by atoms with Crippen LogP contribution in [0.5, 0.6) is 0 Å². The highest BCUT2D eigenvalue weighted by Gasteiger charge is 2.04. The third-order valence-corrected chi connectivity index (χ3v) is 2.25. The van der Waals surface area contributed by atoms with Crippen LogP contribution in [0.3, 0.4) is 0 Å². The normalized spacial score (nSPS) is 10.2. The summed E-state index contributed by atoms with van der Waals surface area (Å²) in [6.45, 7) is 0. The Morgan fingerprint density at radius 3 is 2.60 bits per heavy atom. The molecule has 15 heavy (non-hydrogen) atoms. The second-order valence-corrected chi connectivity index (χ2v) is 3.57. The van der Waals surface area contributed by atoms with Crippen molar-refractivity contribution in [2.24, 2.45) is 0 Å². The maximum Gasteiger partial charge on any atom is 0.149 e. The molecule has 76 valence electrons. The highest BCUT2D eigenvalue weighted by Crippen LogP contribution is 2.14. The number of anilines is 1. The first-order valence-electron chi connectivity index (χ1n) is 4.56. The van der Waals surface area contributed by atoms with Crippen molar-refractivity contribution in [1.82, 2.24) is 9.97 Å². The van der Waals surface area contributed by atoms with Gasteiger partial charge in [0.15, 0.2) is 0 Å². The molecule has 0 bridgehead atoms. The molecule has 0 unspecified atom stereocenters. The van der Waals surface area contributed by atoms with Gasteiger partial charge in [-0.1, -0.05) is 41.9 Å². The van der Waals surface area contributed by atoms with Gasteiger partial charge in [-0.2, -0.15) is 0 Å². The SMILES string of the molecule is Nc1nc(Cl)cnc1Cc1ccccc1. The Labute approximate surface area is 92.9 Å². The molecule has 2 N–H and O–H groups in total. The Morgan fingerprint density at radius 2 is 1.93 bits per heavy atom. The number of aromatic nitrogens is 2. The predicted molar refractivity (Wildman–Crippen MR) is 60.7 cm³/mol. The maximum absolute atomic E-state index is 5.71. The van der Waals surface area contributed by atoms with Crippen molar-refractivity contribution in [3.8, 4) is 0 Å². The van der Waals surface area contributed by atoms with Crippen LogP contribution in [-0.4, -0.2) is 9.97 Å². The van der Waals surface area contributed by atoms with E-state index >= 15 is 0 Å². The molecule has 1 heterocycles. The van der Waals surface area contributed by atoms with Crippen molar-refractivity contribution >= 4 is 17.4 Å². The summed E-state index contributed by atoms with van der Waals surface area (Å²) in [5.74, 6) is 0.395. The van der Waals surface area contributed by atoms with E-state index in [1.54, 1.807) is 0 Å². The van der Waals surface area contributed by atoms with E-state index in [0.717, 1.165) is 11.3 Å². The molecule has 0 saturated heterocycles. The van der Waals surface area contributed by atoms with Gasteiger partial charge in [-0.3, -0.25) is 4.98 Å². The molecule has 4 heteroatoms. The lowest BCUT2D eigenvalue weighted by molar-refractivity contribution is 1.04. The Morgan fingerprint density at radius 1 is 1.20 bits per heavy atom. The monoisotopic (exact) mass is 219 g/mol. The molecule has 0 atom stereocenters. The number of rotatable bonds is 2. The van der Waals surface area contributed by atoms with Crippen LogP contribution in [0.1, 0.15) is 11.3 Å². The summed E-state index contributed by atoms with van der Waals surface area (Å²) in [6, 6.07) is 9.98. The third-order valence-electron chi connectivity index (χ3n) is 2.06. The summed E-state index contributed by atoms with van der Waals surface area (Å²) in [6.07, 6.45) is 2.19. The zero-order valence-electron chi connectivity index (χ0n) is 8.02. The minimum absolute atomic E-state index is 0.323. The lowest BCUT2D eigenvalue weighted by Crippen LogP contribution is -2.01. The minimum atomic E-state index is 0.323. The Kier molecular flexibility index (Phi) is 2.83. The molecule has 0 saturated carbocycles. The van der Waals surface area contributed by atoms with Crippen molar-refractivity contribution in [3.63, 3.8) is 0 Å². The second kappa shape index (κ2) is 4.28. The number of nitrogens with zero attached hydrogens (tertiary/aromatic N) is 2. The summed E-state index contributed by atoms with van der Waals surface area (Å²) in [5, 5.41) is 0.323. The topological polar surface area (TPSA) is 51.8 Å². The van der Waals surface area contributed by atoms with Gasteiger partial charge >= 0.3 is 0 Å². The molecule has 0 spiro atoms. The van der Waals surface area contributed by atoms with Crippen molar-refractivity contribution in [1.29, 1.82) is 0 Å². The van der Waals surface area contributed by atoms with Gasteiger partial charge in [-0.15, -0.1) is 0 Å². The molecule has 0 amide bonds. The average Bonchev–Trinajstić information content (AvgIpc) is 2.24.